The maximum atomic E-state index is 13.2. The number of nitrogens with zero attached hydrogens (tertiary/aromatic N) is 1. The van der Waals surface area contributed by atoms with Crippen LogP contribution in [0.4, 0.5) is 10.1 Å². The third kappa shape index (κ3) is 2.89. The zero-order valence-electron chi connectivity index (χ0n) is 9.95. The summed E-state index contributed by atoms with van der Waals surface area (Å²) < 4.78 is 13.2. The molecule has 7 heteroatoms. The molecule has 2 rings (SSSR count). The van der Waals surface area contributed by atoms with Crippen molar-refractivity contribution < 1.29 is 19.2 Å². The van der Waals surface area contributed by atoms with E-state index in [-0.39, 0.29) is 11.1 Å². The molecular weight excluding hydrogens is 285 g/mol. The maximum Gasteiger partial charge on any atom is 0.337 e. The fourth-order valence-electron chi connectivity index (χ4n) is 1.60. The highest BCUT2D eigenvalue weighted by Gasteiger charge is 2.16. The van der Waals surface area contributed by atoms with E-state index in [0.717, 1.165) is 12.1 Å². The fourth-order valence-corrected chi connectivity index (χ4v) is 2.33. The first kappa shape index (κ1) is 13.9. The normalized spacial score (nSPS) is 11.3. The number of thiophene rings is 1. The highest BCUT2D eigenvalue weighted by Crippen LogP contribution is 2.25. The van der Waals surface area contributed by atoms with Crippen molar-refractivity contribution in [2.75, 3.05) is 0 Å². The molecule has 0 amide bonds. The van der Waals surface area contributed by atoms with Gasteiger partial charge in [-0.25, -0.2) is 4.79 Å². The van der Waals surface area contributed by atoms with Gasteiger partial charge in [0.1, 0.15) is 0 Å². The smallest absolute Gasteiger partial charge is 0.337 e. The third-order valence-corrected chi connectivity index (χ3v) is 3.40. The molecule has 0 radical (unpaired) electrons. The van der Waals surface area contributed by atoms with Crippen LogP contribution in [-0.2, 0) is 4.79 Å². The summed E-state index contributed by atoms with van der Waals surface area (Å²) in [5.41, 5.74) is -0.431. The molecule has 0 fully saturated rings. The largest absolute Gasteiger partial charge is 0.478 e. The van der Waals surface area contributed by atoms with Gasteiger partial charge in [-0.05, 0) is 29.2 Å². The highest BCUT2D eigenvalue weighted by molar-refractivity contribution is 7.11. The molecule has 5 nitrogen and oxygen atoms in total. The second-order valence-corrected chi connectivity index (χ2v) is 4.76. The number of benzene rings is 1. The SMILES string of the molecule is O=C(O)/C(=C/c1ccc(F)c([N+](=O)[O-])c1)c1cccs1. The molecule has 0 saturated carbocycles. The maximum absolute atomic E-state index is 13.2. The lowest BCUT2D eigenvalue weighted by Gasteiger charge is -2.00. The van der Waals surface area contributed by atoms with E-state index in [9.17, 15) is 19.3 Å². The molecule has 1 aromatic heterocycles. The number of hydrogen-bond acceptors (Lipinski definition) is 4. The van der Waals surface area contributed by atoms with E-state index in [1.54, 1.807) is 17.5 Å². The predicted octanol–water partition coefficient (Wildman–Crippen LogP) is 3.42. The Hall–Kier alpha value is -2.54. The summed E-state index contributed by atoms with van der Waals surface area (Å²) in [6.45, 7) is 0. The van der Waals surface area contributed by atoms with Crippen LogP contribution in [0.15, 0.2) is 35.7 Å². The topological polar surface area (TPSA) is 80.4 Å². The summed E-state index contributed by atoms with van der Waals surface area (Å²) in [7, 11) is 0. The van der Waals surface area contributed by atoms with Crippen LogP contribution in [0.2, 0.25) is 0 Å². The Kier molecular flexibility index (Phi) is 3.90. The monoisotopic (exact) mass is 293 g/mol. The predicted molar refractivity (Wildman–Crippen MR) is 72.9 cm³/mol. The molecule has 20 heavy (non-hydrogen) atoms. The molecule has 1 heterocycles. The molecule has 1 aromatic carbocycles. The molecule has 0 aliphatic carbocycles. The molecule has 0 aliphatic rings. The average Bonchev–Trinajstić information content (AvgIpc) is 2.90. The lowest BCUT2D eigenvalue weighted by atomic mass is 10.1. The minimum atomic E-state index is -1.15. The lowest BCUT2D eigenvalue weighted by Crippen LogP contribution is -1.98. The molecule has 0 atom stereocenters. The molecule has 0 bridgehead atoms. The number of carbonyl (C=O) groups is 1. The standard InChI is InChI=1S/C13H8FNO4S/c14-10-4-3-8(7-11(10)15(18)19)6-9(13(16)17)12-2-1-5-20-12/h1-7H,(H,16,17)/b9-6+. The number of rotatable bonds is 4. The molecule has 102 valence electrons. The Balaban J connectivity index is 2.50. The second kappa shape index (κ2) is 5.62. The van der Waals surface area contributed by atoms with Gasteiger partial charge in [-0.3, -0.25) is 10.1 Å². The Morgan fingerprint density at radius 2 is 2.15 bits per heavy atom. The van der Waals surface area contributed by atoms with Crippen molar-refractivity contribution in [2.24, 2.45) is 0 Å². The first-order chi connectivity index (χ1) is 9.49. The van der Waals surface area contributed by atoms with E-state index in [4.69, 9.17) is 5.11 Å². The van der Waals surface area contributed by atoms with Crippen molar-refractivity contribution >= 4 is 34.6 Å². The van der Waals surface area contributed by atoms with Gasteiger partial charge in [0.05, 0.1) is 10.5 Å². The number of nitro benzene ring substituents is 1. The van der Waals surface area contributed by atoms with E-state index < -0.39 is 22.4 Å². The Morgan fingerprint density at radius 1 is 1.40 bits per heavy atom. The minimum Gasteiger partial charge on any atom is -0.478 e. The van der Waals surface area contributed by atoms with Crippen LogP contribution in [0.25, 0.3) is 11.6 Å². The van der Waals surface area contributed by atoms with Crippen LogP contribution in [0.5, 0.6) is 0 Å². The third-order valence-electron chi connectivity index (χ3n) is 2.49. The molecule has 0 spiro atoms. The fraction of sp³-hybridized carbons (Fsp3) is 0. The van der Waals surface area contributed by atoms with Crippen molar-refractivity contribution in [3.63, 3.8) is 0 Å². The van der Waals surface area contributed by atoms with E-state index in [1.807, 2.05) is 0 Å². The molecule has 1 N–H and O–H groups in total. The molecule has 0 aliphatic heterocycles. The van der Waals surface area contributed by atoms with Crippen LogP contribution >= 0.6 is 11.3 Å². The van der Waals surface area contributed by atoms with Crippen LogP contribution in [0, 0.1) is 15.9 Å². The number of carboxylic acid groups (broad SMARTS) is 1. The summed E-state index contributed by atoms with van der Waals surface area (Å²) in [5, 5.41) is 21.5. The quantitative estimate of drug-likeness (QED) is 0.532. The summed E-state index contributed by atoms with van der Waals surface area (Å²) in [5.74, 6) is -2.11. The van der Waals surface area contributed by atoms with Crippen LogP contribution in [0.1, 0.15) is 10.4 Å². The minimum absolute atomic E-state index is 0.000839. The highest BCUT2D eigenvalue weighted by atomic mass is 32.1. The van der Waals surface area contributed by atoms with E-state index >= 15 is 0 Å². The van der Waals surface area contributed by atoms with Crippen LogP contribution in [-0.4, -0.2) is 16.0 Å². The van der Waals surface area contributed by atoms with Gasteiger partial charge in [-0.15, -0.1) is 11.3 Å². The van der Waals surface area contributed by atoms with Gasteiger partial charge in [-0.1, -0.05) is 12.1 Å². The van der Waals surface area contributed by atoms with Gasteiger partial charge in [0.25, 0.3) is 0 Å². The molecule has 2 aromatic rings. The lowest BCUT2D eigenvalue weighted by molar-refractivity contribution is -0.387. The van der Waals surface area contributed by atoms with Crippen molar-refractivity contribution in [3.8, 4) is 0 Å². The zero-order valence-corrected chi connectivity index (χ0v) is 10.8. The Bertz CT molecular complexity index is 694. The van der Waals surface area contributed by atoms with Crippen LogP contribution in [0.3, 0.4) is 0 Å². The summed E-state index contributed by atoms with van der Waals surface area (Å²) in [6, 6.07) is 6.56. The zero-order chi connectivity index (χ0) is 14.7. The van der Waals surface area contributed by atoms with Crippen molar-refractivity contribution in [1.82, 2.24) is 0 Å². The molecule has 0 saturated heterocycles. The van der Waals surface area contributed by atoms with E-state index in [0.29, 0.717) is 4.88 Å². The van der Waals surface area contributed by atoms with Crippen LogP contribution < -0.4 is 0 Å². The van der Waals surface area contributed by atoms with Crippen molar-refractivity contribution in [2.45, 2.75) is 0 Å². The average molecular weight is 293 g/mol. The first-order valence-corrected chi connectivity index (χ1v) is 6.30. The van der Waals surface area contributed by atoms with Gasteiger partial charge < -0.3 is 5.11 Å². The second-order valence-electron chi connectivity index (χ2n) is 3.81. The van der Waals surface area contributed by atoms with Gasteiger partial charge in [0.2, 0.25) is 5.82 Å². The van der Waals surface area contributed by atoms with Gasteiger partial charge >= 0.3 is 11.7 Å². The van der Waals surface area contributed by atoms with E-state index in [1.165, 1.54) is 23.5 Å². The summed E-state index contributed by atoms with van der Waals surface area (Å²) in [6.07, 6.45) is 1.28. The number of hydrogen-bond donors (Lipinski definition) is 1. The van der Waals surface area contributed by atoms with Gasteiger partial charge in [0, 0.05) is 10.9 Å². The number of aliphatic carboxylic acids is 1. The van der Waals surface area contributed by atoms with Gasteiger partial charge in [-0.2, -0.15) is 4.39 Å². The number of nitro groups is 1. The van der Waals surface area contributed by atoms with Gasteiger partial charge in [0.15, 0.2) is 0 Å². The summed E-state index contributed by atoms with van der Waals surface area (Å²) >= 11 is 1.24. The Morgan fingerprint density at radius 3 is 2.70 bits per heavy atom. The van der Waals surface area contributed by atoms with E-state index in [2.05, 4.69) is 0 Å². The van der Waals surface area contributed by atoms with Crippen molar-refractivity contribution in [1.29, 1.82) is 0 Å². The summed E-state index contributed by atoms with van der Waals surface area (Å²) in [4.78, 5) is 21.5. The first-order valence-electron chi connectivity index (χ1n) is 5.42. The Labute approximate surface area is 116 Å². The molecular formula is C13H8FNO4S. The van der Waals surface area contributed by atoms with Crippen molar-refractivity contribution in [3.05, 3.63) is 62.1 Å². The number of carboxylic acids is 1. The molecule has 0 unspecified atom stereocenters. The number of halogens is 1.